The summed E-state index contributed by atoms with van der Waals surface area (Å²) < 4.78 is 60.5. The van der Waals surface area contributed by atoms with Crippen molar-refractivity contribution >= 4 is 29.8 Å². The number of carbonyl (C=O) groups is 5. The number of hydrogen-bond donors (Lipinski definition) is 4. The van der Waals surface area contributed by atoms with Gasteiger partial charge in [0.15, 0.2) is 11.6 Å². The van der Waals surface area contributed by atoms with Gasteiger partial charge in [-0.25, -0.2) is 8.78 Å². The molecule has 0 amide bonds. The molecule has 0 spiro atoms. The molecular formula is C26H34F4GdN4O10. The van der Waals surface area contributed by atoms with Gasteiger partial charge in [0, 0.05) is 104 Å². The molecule has 2 rings (SSSR count). The van der Waals surface area contributed by atoms with Crippen molar-refractivity contribution in [1.82, 2.24) is 19.6 Å². The zero-order chi connectivity index (χ0) is 33.1. The number of carbonyl (C=O) groups excluding carboxylic acids is 1. The van der Waals surface area contributed by atoms with E-state index in [1.54, 1.807) is 0 Å². The van der Waals surface area contributed by atoms with Gasteiger partial charge < -0.3 is 25.2 Å². The maximum atomic E-state index is 14.2. The molecule has 0 unspecified atom stereocenters. The summed E-state index contributed by atoms with van der Waals surface area (Å²) in [5.74, 6) is -15.4. The average Bonchev–Trinajstić information content (AvgIpc) is 2.93. The van der Waals surface area contributed by atoms with E-state index in [2.05, 4.69) is 4.74 Å². The second kappa shape index (κ2) is 19.2. The van der Waals surface area contributed by atoms with Crippen LogP contribution in [0.2, 0.25) is 0 Å². The molecule has 4 N–H and O–H groups in total. The van der Waals surface area contributed by atoms with Gasteiger partial charge in [-0.15, -0.1) is 0 Å². The number of ether oxygens (including phenoxy) is 1. The van der Waals surface area contributed by atoms with E-state index in [4.69, 9.17) is 0 Å². The van der Waals surface area contributed by atoms with Crippen LogP contribution in [0.15, 0.2) is 0 Å². The van der Waals surface area contributed by atoms with E-state index in [1.165, 1.54) is 19.6 Å². The van der Waals surface area contributed by atoms with Gasteiger partial charge >= 0.3 is 29.8 Å². The maximum Gasteiger partial charge on any atom is 0.320 e. The standard InChI is InChI=1S/C26H34F4N4O10.Gd/c1-15-21(27)23(29)25(24(30)22(15)28)44-20(41)3-2-16(26(42)43)34-10-8-32(13-18(37)38)6-4-31(12-17(35)36)5-7-33(9-11-34)14-19(39)40;/h16H,2-14H2,1H3,(H,35,36)(H,37,38)(H,39,40)(H,42,43);/t16-;/m1./s1. The Balaban J connectivity index is 0.0000101. The maximum absolute atomic E-state index is 14.2. The third-order valence-electron chi connectivity index (χ3n) is 6.95. The molecule has 1 heterocycles. The molecule has 0 radical (unpaired) electrons. The second-order valence-electron chi connectivity index (χ2n) is 10.1. The second-order valence-corrected chi connectivity index (χ2v) is 10.1. The minimum Gasteiger partial charge on any atom is -0.480 e. The van der Waals surface area contributed by atoms with E-state index >= 15 is 0 Å². The summed E-state index contributed by atoms with van der Waals surface area (Å²) in [5.41, 5.74) is -0.968. The predicted molar refractivity (Wildman–Crippen MR) is 141 cm³/mol. The molecule has 1 aromatic carbocycles. The molecule has 254 valence electrons. The third kappa shape index (κ3) is 13.0. The Hall–Kier alpha value is -2.55. The Bertz CT molecular complexity index is 1180. The number of esters is 1. The van der Waals surface area contributed by atoms with Crippen LogP contribution in [-0.2, 0) is 24.0 Å². The molecule has 1 aliphatic rings. The smallest absolute Gasteiger partial charge is 0.320 e. The predicted octanol–water partition coefficient (Wildman–Crippen LogP) is 0.166. The first-order valence-corrected chi connectivity index (χ1v) is 13.4. The van der Waals surface area contributed by atoms with Crippen molar-refractivity contribution in [3.8, 4) is 5.75 Å². The quantitative estimate of drug-likeness (QED) is 0.0970. The Morgan fingerprint density at radius 1 is 0.667 bits per heavy atom. The third-order valence-corrected chi connectivity index (χ3v) is 6.95. The largest absolute Gasteiger partial charge is 0.480 e. The molecular weight excluding hydrogens is 762 g/mol. The number of rotatable bonds is 12. The normalized spacial score (nSPS) is 16.9. The van der Waals surface area contributed by atoms with Crippen molar-refractivity contribution < 1.29 is 107 Å². The fraction of sp³-hybridized carbons (Fsp3) is 0.577. The summed E-state index contributed by atoms with van der Waals surface area (Å²) in [6.07, 6.45) is -1.26. The van der Waals surface area contributed by atoms with Crippen LogP contribution in [0.3, 0.4) is 0 Å². The molecule has 45 heavy (non-hydrogen) atoms. The Kier molecular flexibility index (Phi) is 17.3. The van der Waals surface area contributed by atoms with Crippen molar-refractivity contribution in [3.63, 3.8) is 0 Å². The van der Waals surface area contributed by atoms with E-state index in [-0.39, 0.29) is 98.8 Å². The van der Waals surface area contributed by atoms with E-state index in [1.807, 2.05) is 0 Å². The summed E-state index contributed by atoms with van der Waals surface area (Å²) in [7, 11) is 0. The number of nitrogens with zero attached hydrogens (tertiary/aromatic N) is 4. The van der Waals surface area contributed by atoms with Crippen molar-refractivity contribution in [2.45, 2.75) is 25.8 Å². The topological polar surface area (TPSA) is 188 Å². The zero-order valence-electron chi connectivity index (χ0n) is 24.2. The number of halogens is 4. The monoisotopic (exact) mass is 796 g/mol. The van der Waals surface area contributed by atoms with E-state index < -0.39 is 96.4 Å². The molecule has 1 fully saturated rings. The fourth-order valence-electron chi connectivity index (χ4n) is 4.61. The van der Waals surface area contributed by atoms with Crippen LogP contribution in [0.1, 0.15) is 18.4 Å². The minimum atomic E-state index is -1.94. The van der Waals surface area contributed by atoms with Gasteiger partial charge in [0.2, 0.25) is 17.4 Å². The van der Waals surface area contributed by atoms with Crippen molar-refractivity contribution in [3.05, 3.63) is 28.8 Å². The number of benzene rings is 1. The van der Waals surface area contributed by atoms with E-state index in [9.17, 15) is 62.0 Å². The van der Waals surface area contributed by atoms with Crippen LogP contribution in [-0.4, -0.2) is 148 Å². The molecule has 0 aliphatic carbocycles. The first-order chi connectivity index (χ1) is 20.6. The number of carboxylic acids is 4. The molecule has 19 heteroatoms. The van der Waals surface area contributed by atoms with Crippen LogP contribution in [0.5, 0.6) is 5.75 Å². The minimum absolute atomic E-state index is 0. The average molecular weight is 796 g/mol. The molecule has 1 saturated heterocycles. The van der Waals surface area contributed by atoms with Crippen LogP contribution < -0.4 is 4.74 Å². The molecule has 1 atom stereocenters. The molecule has 1 aromatic rings. The van der Waals surface area contributed by atoms with Gasteiger partial charge in [-0.2, -0.15) is 8.78 Å². The number of carboxylic acid groups (broad SMARTS) is 4. The summed E-state index contributed by atoms with van der Waals surface area (Å²) >= 11 is 0. The van der Waals surface area contributed by atoms with Gasteiger partial charge in [-0.05, 0) is 13.3 Å². The summed E-state index contributed by atoms with van der Waals surface area (Å²) in [4.78, 5) is 64.6. The Morgan fingerprint density at radius 2 is 1.02 bits per heavy atom. The molecule has 0 saturated carbocycles. The Labute approximate surface area is 287 Å². The summed E-state index contributed by atoms with van der Waals surface area (Å²) in [5, 5.41) is 37.9. The van der Waals surface area contributed by atoms with E-state index in [0.29, 0.717) is 0 Å². The SMILES string of the molecule is Cc1c(F)c(F)c(OC(=O)CC[C@H](C(=O)O)N2CCN(CC(=O)O)CCN(CC(=O)O)CCN(CC(=O)O)CC2)c(F)c1F.[Gd]. The molecule has 14 nitrogen and oxygen atoms in total. The zero-order valence-corrected chi connectivity index (χ0v) is 26.4. The Morgan fingerprint density at radius 3 is 1.36 bits per heavy atom. The van der Waals surface area contributed by atoms with Gasteiger partial charge in [0.1, 0.15) is 6.04 Å². The van der Waals surface area contributed by atoms with Gasteiger partial charge in [0.05, 0.1) is 19.6 Å². The van der Waals surface area contributed by atoms with Crippen LogP contribution in [0.4, 0.5) is 17.6 Å². The van der Waals surface area contributed by atoms with Gasteiger partial charge in [-0.3, -0.25) is 43.6 Å². The fourth-order valence-corrected chi connectivity index (χ4v) is 4.61. The van der Waals surface area contributed by atoms with E-state index in [0.717, 1.165) is 6.92 Å². The number of hydrogen-bond acceptors (Lipinski definition) is 10. The van der Waals surface area contributed by atoms with Crippen LogP contribution >= 0.6 is 0 Å². The molecule has 0 aromatic heterocycles. The summed E-state index contributed by atoms with van der Waals surface area (Å²) in [6.45, 7) is -0.321. The van der Waals surface area contributed by atoms with Crippen LogP contribution in [0, 0.1) is 70.1 Å². The van der Waals surface area contributed by atoms with Gasteiger partial charge in [0.25, 0.3) is 0 Å². The van der Waals surface area contributed by atoms with Crippen LogP contribution in [0.25, 0.3) is 0 Å². The molecule has 0 bridgehead atoms. The molecule has 1 aliphatic heterocycles. The first-order valence-electron chi connectivity index (χ1n) is 13.4. The summed E-state index contributed by atoms with van der Waals surface area (Å²) in [6, 6.07) is -1.45. The number of aliphatic carboxylic acids is 4. The van der Waals surface area contributed by atoms with Crippen molar-refractivity contribution in [1.29, 1.82) is 0 Å². The van der Waals surface area contributed by atoms with Crippen molar-refractivity contribution in [2.75, 3.05) is 72.0 Å². The van der Waals surface area contributed by atoms with Gasteiger partial charge in [-0.1, -0.05) is 0 Å². The van der Waals surface area contributed by atoms with Crippen molar-refractivity contribution in [2.24, 2.45) is 0 Å². The first kappa shape index (κ1) is 40.5.